The summed E-state index contributed by atoms with van der Waals surface area (Å²) in [6, 6.07) is 5.81. The van der Waals surface area contributed by atoms with Crippen LogP contribution in [0.25, 0.3) is 10.9 Å². The van der Waals surface area contributed by atoms with Crippen LogP contribution in [-0.4, -0.2) is 57.0 Å². The number of esters is 1. The van der Waals surface area contributed by atoms with Crippen molar-refractivity contribution in [3.8, 4) is 5.75 Å². The Kier molecular flexibility index (Phi) is 6.43. The maximum absolute atomic E-state index is 11.5. The SMILES string of the molecule is COCCC(=O)OCOc1cccc2[nH]cc(CCN(C)C)c12. The molecule has 2 aromatic rings. The lowest BCUT2D eigenvalue weighted by molar-refractivity contribution is -0.151. The summed E-state index contributed by atoms with van der Waals surface area (Å²) in [5.41, 5.74) is 2.21. The van der Waals surface area contributed by atoms with Gasteiger partial charge in [0.15, 0.2) is 0 Å². The summed E-state index contributed by atoms with van der Waals surface area (Å²) >= 11 is 0. The molecule has 0 saturated heterocycles. The Bertz CT molecular complexity index is 637. The molecule has 1 aromatic heterocycles. The molecule has 1 heterocycles. The molecule has 0 aliphatic rings. The lowest BCUT2D eigenvalue weighted by Gasteiger charge is -2.11. The van der Waals surface area contributed by atoms with Crippen molar-refractivity contribution in [3.05, 3.63) is 30.0 Å². The zero-order chi connectivity index (χ0) is 16.7. The van der Waals surface area contributed by atoms with Gasteiger partial charge in [0, 0.05) is 30.8 Å². The lowest BCUT2D eigenvalue weighted by atomic mass is 10.1. The number of nitrogens with one attached hydrogen (secondary N) is 1. The molecule has 0 amide bonds. The molecule has 0 aliphatic carbocycles. The second-order valence-electron chi connectivity index (χ2n) is 5.57. The van der Waals surface area contributed by atoms with Gasteiger partial charge in [-0.15, -0.1) is 0 Å². The summed E-state index contributed by atoms with van der Waals surface area (Å²) in [6.07, 6.45) is 3.15. The molecule has 0 fully saturated rings. The van der Waals surface area contributed by atoms with Crippen LogP contribution in [0, 0.1) is 0 Å². The molecule has 1 aromatic carbocycles. The average molecular weight is 320 g/mol. The quantitative estimate of drug-likeness (QED) is 0.567. The standard InChI is InChI=1S/C17H24N2O4/c1-19(2)9-7-13-11-18-14-5-4-6-15(17(13)14)22-12-23-16(20)8-10-21-3/h4-6,11,18H,7-10,12H2,1-3H3. The number of ether oxygens (including phenoxy) is 3. The Morgan fingerprint density at radius 1 is 1.30 bits per heavy atom. The third-order valence-electron chi connectivity index (χ3n) is 3.52. The first-order chi connectivity index (χ1) is 11.1. The Balaban J connectivity index is 2.02. The number of likely N-dealkylation sites (N-methyl/N-ethyl adjacent to an activating group) is 1. The van der Waals surface area contributed by atoms with Gasteiger partial charge < -0.3 is 24.1 Å². The molecule has 6 heteroatoms. The Morgan fingerprint density at radius 3 is 2.87 bits per heavy atom. The highest BCUT2D eigenvalue weighted by Crippen LogP contribution is 2.29. The third kappa shape index (κ3) is 4.97. The van der Waals surface area contributed by atoms with E-state index in [9.17, 15) is 4.79 Å². The van der Waals surface area contributed by atoms with Gasteiger partial charge in [0.1, 0.15) is 5.75 Å². The zero-order valence-corrected chi connectivity index (χ0v) is 13.9. The highest BCUT2D eigenvalue weighted by atomic mass is 16.7. The number of hydrogen-bond donors (Lipinski definition) is 1. The number of carbonyl (C=O) groups is 1. The summed E-state index contributed by atoms with van der Waals surface area (Å²) in [4.78, 5) is 16.9. The van der Waals surface area contributed by atoms with Crippen LogP contribution in [0.3, 0.4) is 0 Å². The number of benzene rings is 1. The van der Waals surface area contributed by atoms with Gasteiger partial charge in [-0.05, 0) is 38.2 Å². The van der Waals surface area contributed by atoms with Crippen molar-refractivity contribution in [1.82, 2.24) is 9.88 Å². The minimum absolute atomic E-state index is 0.0973. The molecular formula is C17H24N2O4. The van der Waals surface area contributed by atoms with Gasteiger partial charge in [-0.1, -0.05) is 6.07 Å². The maximum Gasteiger partial charge on any atom is 0.311 e. The molecule has 1 N–H and O–H groups in total. The van der Waals surface area contributed by atoms with E-state index in [-0.39, 0.29) is 19.2 Å². The average Bonchev–Trinajstić information content (AvgIpc) is 2.95. The Morgan fingerprint density at radius 2 is 2.13 bits per heavy atom. The van der Waals surface area contributed by atoms with Crippen LogP contribution in [0.1, 0.15) is 12.0 Å². The van der Waals surface area contributed by atoms with E-state index in [1.165, 1.54) is 5.56 Å². The second kappa shape index (κ2) is 8.55. The highest BCUT2D eigenvalue weighted by Gasteiger charge is 2.11. The fourth-order valence-corrected chi connectivity index (χ4v) is 2.30. The minimum atomic E-state index is -0.332. The van der Waals surface area contributed by atoms with Crippen molar-refractivity contribution >= 4 is 16.9 Å². The van der Waals surface area contributed by atoms with Gasteiger partial charge in [-0.3, -0.25) is 4.79 Å². The molecule has 0 aliphatic heterocycles. The van der Waals surface area contributed by atoms with Crippen LogP contribution < -0.4 is 4.74 Å². The van der Waals surface area contributed by atoms with Gasteiger partial charge in [-0.2, -0.15) is 0 Å². The Hall–Kier alpha value is -2.05. The summed E-state index contributed by atoms with van der Waals surface area (Å²) in [6.45, 7) is 1.20. The third-order valence-corrected chi connectivity index (χ3v) is 3.52. The van der Waals surface area contributed by atoms with Crippen LogP contribution in [-0.2, 0) is 20.7 Å². The van der Waals surface area contributed by atoms with E-state index in [0.717, 1.165) is 29.6 Å². The fourth-order valence-electron chi connectivity index (χ4n) is 2.30. The fraction of sp³-hybridized carbons (Fsp3) is 0.471. The first-order valence-electron chi connectivity index (χ1n) is 7.63. The number of fused-ring (bicyclic) bond motifs is 1. The number of aromatic nitrogens is 1. The molecular weight excluding hydrogens is 296 g/mol. The van der Waals surface area contributed by atoms with Crippen molar-refractivity contribution in [2.75, 3.05) is 41.1 Å². The molecule has 6 nitrogen and oxygen atoms in total. The maximum atomic E-state index is 11.5. The first-order valence-corrected chi connectivity index (χ1v) is 7.63. The van der Waals surface area contributed by atoms with E-state index in [4.69, 9.17) is 14.2 Å². The number of aromatic amines is 1. The van der Waals surface area contributed by atoms with E-state index < -0.39 is 0 Å². The number of rotatable bonds is 9. The van der Waals surface area contributed by atoms with E-state index in [2.05, 4.69) is 9.88 Å². The molecule has 0 bridgehead atoms. The summed E-state index contributed by atoms with van der Waals surface area (Å²) in [5.74, 6) is 0.387. The van der Waals surface area contributed by atoms with Crippen molar-refractivity contribution < 1.29 is 19.0 Å². The lowest BCUT2D eigenvalue weighted by Crippen LogP contribution is -2.15. The van der Waals surface area contributed by atoms with Crippen LogP contribution in [0.15, 0.2) is 24.4 Å². The van der Waals surface area contributed by atoms with Crippen LogP contribution in [0.2, 0.25) is 0 Å². The van der Waals surface area contributed by atoms with E-state index in [1.54, 1.807) is 7.11 Å². The van der Waals surface area contributed by atoms with E-state index in [0.29, 0.717) is 6.61 Å². The summed E-state index contributed by atoms with van der Waals surface area (Å²) in [5, 5.41) is 1.04. The molecule has 0 saturated carbocycles. The molecule has 0 radical (unpaired) electrons. The number of hydrogen-bond acceptors (Lipinski definition) is 5. The van der Waals surface area contributed by atoms with Crippen molar-refractivity contribution in [2.45, 2.75) is 12.8 Å². The normalized spacial score (nSPS) is 11.1. The van der Waals surface area contributed by atoms with E-state index >= 15 is 0 Å². The molecule has 126 valence electrons. The van der Waals surface area contributed by atoms with Crippen LogP contribution in [0.5, 0.6) is 5.75 Å². The van der Waals surface area contributed by atoms with Crippen LogP contribution in [0.4, 0.5) is 0 Å². The first kappa shape index (κ1) is 17.3. The monoisotopic (exact) mass is 320 g/mol. The highest BCUT2D eigenvalue weighted by molar-refractivity contribution is 5.89. The minimum Gasteiger partial charge on any atom is -0.457 e. The molecule has 0 atom stereocenters. The van der Waals surface area contributed by atoms with E-state index in [1.807, 2.05) is 38.5 Å². The predicted octanol–water partition coefficient (Wildman–Crippen LogP) is 2.19. The van der Waals surface area contributed by atoms with Gasteiger partial charge >= 0.3 is 5.97 Å². The smallest absolute Gasteiger partial charge is 0.311 e. The van der Waals surface area contributed by atoms with Crippen molar-refractivity contribution in [2.24, 2.45) is 0 Å². The topological polar surface area (TPSA) is 63.8 Å². The van der Waals surface area contributed by atoms with Crippen molar-refractivity contribution in [3.63, 3.8) is 0 Å². The largest absolute Gasteiger partial charge is 0.457 e. The summed E-state index contributed by atoms with van der Waals surface area (Å²) in [7, 11) is 5.64. The molecule has 2 rings (SSSR count). The van der Waals surface area contributed by atoms with Gasteiger partial charge in [0.2, 0.25) is 6.79 Å². The van der Waals surface area contributed by atoms with Gasteiger partial charge in [0.05, 0.1) is 13.0 Å². The number of nitrogens with zero attached hydrogens (tertiary/aromatic N) is 1. The van der Waals surface area contributed by atoms with Gasteiger partial charge in [-0.25, -0.2) is 0 Å². The number of H-pyrrole nitrogens is 1. The number of methoxy groups -OCH3 is 1. The number of carbonyl (C=O) groups excluding carboxylic acids is 1. The Labute approximate surface area is 136 Å². The molecule has 23 heavy (non-hydrogen) atoms. The second-order valence-corrected chi connectivity index (χ2v) is 5.57. The van der Waals surface area contributed by atoms with Gasteiger partial charge in [0.25, 0.3) is 0 Å². The zero-order valence-electron chi connectivity index (χ0n) is 13.9. The predicted molar refractivity (Wildman–Crippen MR) is 88.6 cm³/mol. The van der Waals surface area contributed by atoms with Crippen LogP contribution >= 0.6 is 0 Å². The summed E-state index contributed by atoms with van der Waals surface area (Å²) < 4.78 is 15.5. The molecule has 0 spiro atoms. The van der Waals surface area contributed by atoms with Crippen molar-refractivity contribution in [1.29, 1.82) is 0 Å². The molecule has 0 unspecified atom stereocenters.